The molecule has 5 aromatic rings. The van der Waals surface area contributed by atoms with Gasteiger partial charge in [0.2, 0.25) is 17.4 Å². The van der Waals surface area contributed by atoms with Gasteiger partial charge < -0.3 is 79.0 Å². The highest BCUT2D eigenvalue weighted by Crippen LogP contribution is 2.50. The minimum absolute atomic E-state index is 0.0131. The number of esters is 3. The molecule has 0 aliphatic carbocycles. The summed E-state index contributed by atoms with van der Waals surface area (Å²) in [5.74, 6) is -3.14. The number of β-lactam (4-membered cyclic amide) rings is 5. The lowest BCUT2D eigenvalue weighted by Crippen LogP contribution is -2.83. The second-order valence-corrected chi connectivity index (χ2v) is 46.3. The van der Waals surface area contributed by atoms with Crippen LogP contribution >= 0.6 is 175 Å². The van der Waals surface area contributed by atoms with Crippen LogP contribution in [0.2, 0.25) is 0 Å². The van der Waals surface area contributed by atoms with Crippen LogP contribution in [0.1, 0.15) is 118 Å². The van der Waals surface area contributed by atoms with Gasteiger partial charge in [0, 0.05) is 121 Å². The zero-order chi connectivity index (χ0) is 100. The number of hydrogen-bond acceptors (Lipinski definition) is 45. The van der Waals surface area contributed by atoms with Crippen molar-refractivity contribution in [1.82, 2.24) is 78.5 Å². The molecular formula is C79H93Cl3N24O19S12. The van der Waals surface area contributed by atoms with Gasteiger partial charge in [-0.1, -0.05) is 77.3 Å². The van der Waals surface area contributed by atoms with Gasteiger partial charge in [-0.3, -0.25) is 82.8 Å². The lowest BCUT2D eigenvalue weighted by molar-refractivity contribution is -0.424. The van der Waals surface area contributed by atoms with Crippen molar-refractivity contribution in [1.29, 1.82) is 0 Å². The van der Waals surface area contributed by atoms with Gasteiger partial charge in [0.15, 0.2) is 44.5 Å². The van der Waals surface area contributed by atoms with Crippen LogP contribution in [0.4, 0.5) is 15.4 Å². The zero-order valence-corrected chi connectivity index (χ0v) is 87.1. The van der Waals surface area contributed by atoms with Crippen LogP contribution in [-0.2, 0) is 88.0 Å². The summed E-state index contributed by atoms with van der Waals surface area (Å²) in [6, 6.07) is 3.88. The van der Waals surface area contributed by atoms with Crippen LogP contribution in [-0.4, -0.2) is 295 Å². The topological polar surface area (TPSA) is 637 Å². The predicted molar refractivity (Wildman–Crippen MR) is 528 cm³/mol. The Balaban J connectivity index is 0.000000171. The van der Waals surface area contributed by atoms with Gasteiger partial charge in [0.1, 0.15) is 90.6 Å². The Morgan fingerprint density at radius 3 is 1.21 bits per heavy atom. The first kappa shape index (κ1) is 108. The van der Waals surface area contributed by atoms with Crippen LogP contribution in [0.3, 0.4) is 0 Å². The minimum atomic E-state index is -1.40. The van der Waals surface area contributed by atoms with E-state index in [0.29, 0.717) is 49.4 Å². The summed E-state index contributed by atoms with van der Waals surface area (Å²) < 4.78 is 28.2. The minimum Gasteiger partial charge on any atom is -0.543 e. The molecule has 5 aromatic heterocycles. The fourth-order valence-electron chi connectivity index (χ4n) is 13.4. The molecule has 0 radical (unpaired) electrons. The number of fused-ring (bicyclic) bond motifs is 5. The third kappa shape index (κ3) is 25.3. The van der Waals surface area contributed by atoms with E-state index in [1.807, 2.05) is 18.2 Å². The Morgan fingerprint density at radius 1 is 0.511 bits per heavy atom. The van der Waals surface area contributed by atoms with Crippen molar-refractivity contribution in [3.05, 3.63) is 119 Å². The van der Waals surface area contributed by atoms with Gasteiger partial charge in [-0.2, -0.15) is 51.6 Å². The quantitative estimate of drug-likeness (QED) is 0.00687. The smallest absolute Gasteiger partial charge is 0.356 e. The van der Waals surface area contributed by atoms with E-state index in [4.69, 9.17) is 71.9 Å². The summed E-state index contributed by atoms with van der Waals surface area (Å²) in [4.78, 5) is 199. The number of aliphatic carboxylic acids is 2. The number of nitrogen functional groups attached to an aromatic ring is 3. The molecule has 736 valence electrons. The van der Waals surface area contributed by atoms with E-state index in [1.165, 1.54) is 116 Å². The molecule has 16 N–H and O–H groups in total. The highest BCUT2D eigenvalue weighted by Gasteiger charge is 2.60. The van der Waals surface area contributed by atoms with E-state index in [0.717, 1.165) is 90.8 Å². The number of amides is 8. The fraction of sp³-hybridized carbons (Fsp3) is 0.468. The van der Waals surface area contributed by atoms with E-state index in [9.17, 15) is 77.7 Å². The number of rotatable bonds is 26. The summed E-state index contributed by atoms with van der Waals surface area (Å²) in [5, 5.41) is 40.0. The number of carbonyl (C=O) groups excluding carboxylic acids is 12. The number of aromatic nitrogens is 8. The van der Waals surface area contributed by atoms with Gasteiger partial charge >= 0.3 is 23.9 Å². The van der Waals surface area contributed by atoms with Gasteiger partial charge in [-0.15, -0.1) is 58.8 Å². The van der Waals surface area contributed by atoms with E-state index >= 15 is 0 Å². The average molecular weight is 2170 g/mol. The van der Waals surface area contributed by atoms with E-state index in [-0.39, 0.29) is 111 Å². The zero-order valence-electron chi connectivity index (χ0n) is 75.1. The summed E-state index contributed by atoms with van der Waals surface area (Å²) >= 11 is 33.9. The Bertz CT molecular complexity index is 5880. The summed E-state index contributed by atoms with van der Waals surface area (Å²) in [5.41, 5.74) is 25.2. The van der Waals surface area contributed by atoms with E-state index < -0.39 is 128 Å². The maximum atomic E-state index is 13.5. The molecule has 58 heteroatoms. The maximum absolute atomic E-state index is 13.5. The largest absolute Gasteiger partial charge is 0.543 e. The summed E-state index contributed by atoms with van der Waals surface area (Å²) in [7, 11) is 2.86. The van der Waals surface area contributed by atoms with Crippen molar-refractivity contribution in [3.63, 3.8) is 0 Å². The number of nitrogens with two attached hydrogens (primary N) is 4. The Labute approximate surface area is 849 Å². The normalized spacial score (nSPS) is 22.3. The van der Waals surface area contributed by atoms with Crippen molar-refractivity contribution in [2.75, 3.05) is 71.6 Å². The third-order valence-electron chi connectivity index (χ3n) is 19.3. The first-order valence-electron chi connectivity index (χ1n) is 41.0. The molecule has 43 nitrogen and oxygen atoms in total. The van der Waals surface area contributed by atoms with E-state index in [1.54, 1.807) is 104 Å². The predicted octanol–water partition coefficient (Wildman–Crippen LogP) is 4.61. The number of halogens is 3. The highest BCUT2D eigenvalue weighted by atomic mass is 35.5. The highest BCUT2D eigenvalue weighted by molar-refractivity contribution is 8.07. The third-order valence-corrected chi connectivity index (χ3v) is 33.9. The Morgan fingerprint density at radius 2 is 0.847 bits per heavy atom. The second-order valence-electron chi connectivity index (χ2n) is 32.6. The molecule has 10 unspecified atom stereocenters. The molecule has 8 amide bonds. The monoisotopic (exact) mass is 2170 g/mol. The van der Waals surface area contributed by atoms with Crippen molar-refractivity contribution >= 4 is 285 Å². The molecule has 0 spiro atoms. The number of carbonyl (C=O) groups is 13. The van der Waals surface area contributed by atoms with Crippen LogP contribution in [0.15, 0.2) is 115 Å². The number of pyridine rings is 2. The molecule has 137 heavy (non-hydrogen) atoms. The number of carboxylic acids is 2. The van der Waals surface area contributed by atoms with Crippen LogP contribution < -0.4 is 49.7 Å². The molecule has 10 atom stereocenters. The van der Waals surface area contributed by atoms with Gasteiger partial charge in [0.05, 0.1) is 38.2 Å². The maximum Gasteiger partial charge on any atom is 0.356 e. The SMILES string of the molecule is CC(C)(C)OC(=O)C1=C(Cl)CSC2C(N)C(=O)N12.CCCSCc1ncccc1SC1=C(C(=O)O)N2C(=O)C(NC(=O)/C(=N\O)c3nsc(N)n3)C2SC1.CCCSCc1ncccc1SC1=C(C(=O)OC(C)(C)C)N2C(=O)C(NC(=O)C(=NC)c3nsc(N)n3)C2SC1.CN=C(C(=O)NC1C(=O)N2C(C(=O)OC(C)(C)C)=C(Cl)CSC12)c1nsc(N)n1.[NH3+]C1C(=O)N2C(C(=O)[O-])=C(Cl)CSC12. The number of hydrogen-bond donors (Lipinski definition) is 10. The molecular weight excluding hydrogens is 2080 g/mol. The molecule has 5 fully saturated rings. The number of thioether (sulfide) groups is 9. The second kappa shape index (κ2) is 46.6. The Hall–Kier alpha value is -9.06. The van der Waals surface area contributed by atoms with Gasteiger partial charge in [-0.05, 0) is 111 Å². The lowest BCUT2D eigenvalue weighted by Gasteiger charge is -2.49. The molecule has 10 aliphatic heterocycles. The number of nitrogens with one attached hydrogen (secondary N) is 3. The molecule has 0 bridgehead atoms. The van der Waals surface area contributed by atoms with Crippen molar-refractivity contribution < 1.29 is 97.7 Å². The number of ether oxygens (including phenoxy) is 3. The van der Waals surface area contributed by atoms with Crippen LogP contribution in [0.5, 0.6) is 0 Å². The molecule has 15 rings (SSSR count). The number of quaternary nitrogens is 1. The first-order chi connectivity index (χ1) is 64.7. The number of aliphatic imine (C=N–C) groups is 2. The number of carboxylic acid groups (broad SMARTS) is 2. The first-order valence-corrected chi connectivity index (χ1v) is 53.7. The molecule has 10 aliphatic rings. The standard InChI is InChI=1S/C25H31N7O4S4.C20H21N7O5S4.C16H19ClN6O4S2.C11H15ClN2O3S.C7H7ClN2O3S/c1-6-10-37-11-13-14(8-7-9-28-13)39-15-12-38-22-17(21(34)32(22)18(15)23(35)36-25(2,3)4)29-20(33)16(27-5)19-30-24(26)40-31-19;1-2-6-33-7-9-10(4-3-5-22-9)35-11-8-34-18-13(17(29)27(18)14(11)19(30)31)23-16(28)12(25-32)15-24-20(21)36-26-15;1-16(2,3)27-14(26)9-6(17)5-28-13-8(12(25)23(9)13)20-11(24)7(19-4)10-21-15(18)29-22-10;1-11(2,3)17-10(16)7-5(12)4-18-9-6(13)8(15)14(7)9;8-2-1-14-6-3(9)5(11)10(6)4(2)7(12)13/h7-9,17,22H,6,10-12H2,1-5H3,(H,29,33)(H2,26,30,31);3-5,13,18,32H,2,6-8H2,1H3,(H,23,28)(H,30,31)(H2,21,24,26);8,13H,5H2,1-4H3,(H,20,24)(H2,18,21,22);6,9H,4,13H2,1-3H3;3,6H,1,9H2,(H,12,13)/b;25-12-;;;. The lowest BCUT2D eigenvalue weighted by atomic mass is 10.0. The molecule has 5 saturated heterocycles. The number of oxime groups is 1. The Kier molecular flexibility index (Phi) is 36.8. The number of nitrogens with zero attached hydrogens (tertiary/aromatic N) is 16. The molecule has 0 saturated carbocycles. The summed E-state index contributed by atoms with van der Waals surface area (Å²) in [6.45, 7) is 20.0. The fourth-order valence-corrected chi connectivity index (χ4v) is 26.3. The molecule has 0 aromatic carbocycles. The van der Waals surface area contributed by atoms with E-state index in [2.05, 4.69) is 88.7 Å². The summed E-state index contributed by atoms with van der Waals surface area (Å²) in [6.07, 6.45) is 5.58. The molecule has 15 heterocycles. The van der Waals surface area contributed by atoms with Crippen LogP contribution in [0.25, 0.3) is 0 Å². The average Bonchev–Trinajstić information content (AvgIpc) is 0.972. The van der Waals surface area contributed by atoms with Crippen molar-refractivity contribution in [2.45, 2.75) is 184 Å². The van der Waals surface area contributed by atoms with Gasteiger partial charge in [-0.25, -0.2) is 19.2 Å². The van der Waals surface area contributed by atoms with Crippen molar-refractivity contribution in [2.24, 2.45) is 20.9 Å². The number of anilines is 3. The van der Waals surface area contributed by atoms with Crippen molar-refractivity contribution in [3.8, 4) is 0 Å². The van der Waals surface area contributed by atoms with Gasteiger partial charge in [0.25, 0.3) is 41.4 Å². The van der Waals surface area contributed by atoms with Crippen LogP contribution in [0, 0.1) is 0 Å².